The van der Waals surface area contributed by atoms with Crippen molar-refractivity contribution in [1.29, 1.82) is 0 Å². The van der Waals surface area contributed by atoms with Crippen LogP contribution in [0.15, 0.2) is 60.7 Å². The van der Waals surface area contributed by atoms with Gasteiger partial charge in [0.05, 0.1) is 25.8 Å². The lowest BCUT2D eigenvalue weighted by Gasteiger charge is -2.31. The highest BCUT2D eigenvalue weighted by Gasteiger charge is 2.55. The van der Waals surface area contributed by atoms with Gasteiger partial charge in [0.1, 0.15) is 11.5 Å². The van der Waals surface area contributed by atoms with Crippen LogP contribution in [0, 0.1) is 6.92 Å². The van der Waals surface area contributed by atoms with E-state index in [0.717, 1.165) is 0 Å². The van der Waals surface area contributed by atoms with Crippen molar-refractivity contribution in [2.24, 2.45) is 0 Å². The Hall–Kier alpha value is -3.35. The minimum absolute atomic E-state index is 0.273. The molecule has 2 N–H and O–H groups in total. The standard InChI is InChI=1S/C25H22ClNO5/c1-14-12-17(26)13-20-22(14)27-24(29)25(20,30)21(15-4-8-18(31-2)9-5-15)23(28)16-6-10-19(32-3)11-7-16/h4-13,21,30H,1-3H3,(H,27,29)/t21-,25-/m0/s1. The maximum Gasteiger partial charge on any atom is 0.262 e. The zero-order chi connectivity index (χ0) is 23.0. The molecule has 0 unspecified atom stereocenters. The lowest BCUT2D eigenvalue weighted by atomic mass is 9.74. The minimum atomic E-state index is -2.16. The molecule has 32 heavy (non-hydrogen) atoms. The third kappa shape index (κ3) is 3.51. The van der Waals surface area contributed by atoms with Crippen molar-refractivity contribution in [3.05, 3.63) is 87.9 Å². The van der Waals surface area contributed by atoms with E-state index in [1.165, 1.54) is 20.3 Å². The van der Waals surface area contributed by atoms with Gasteiger partial charge in [0, 0.05) is 16.1 Å². The molecule has 0 fully saturated rings. The molecule has 1 amide bonds. The summed E-state index contributed by atoms with van der Waals surface area (Å²) < 4.78 is 10.4. The number of nitrogens with one attached hydrogen (secondary N) is 1. The number of ether oxygens (including phenoxy) is 2. The SMILES string of the molecule is COc1ccc(C(=O)[C@H](c2ccc(OC)cc2)[C@]2(O)C(=O)Nc3c(C)cc(Cl)cc32)cc1. The molecule has 6 nitrogen and oxygen atoms in total. The van der Waals surface area contributed by atoms with Crippen LogP contribution >= 0.6 is 11.6 Å². The Morgan fingerprint density at radius 1 is 1.00 bits per heavy atom. The van der Waals surface area contributed by atoms with Crippen LogP contribution < -0.4 is 14.8 Å². The van der Waals surface area contributed by atoms with Crippen LogP contribution in [0.3, 0.4) is 0 Å². The summed E-state index contributed by atoms with van der Waals surface area (Å²) in [7, 11) is 3.07. The summed E-state index contributed by atoms with van der Waals surface area (Å²) in [6, 6.07) is 16.5. The van der Waals surface area contributed by atoms with Gasteiger partial charge in [0.25, 0.3) is 5.91 Å². The number of hydrogen-bond acceptors (Lipinski definition) is 5. The number of hydrogen-bond donors (Lipinski definition) is 2. The van der Waals surface area contributed by atoms with Crippen LogP contribution in [0.5, 0.6) is 11.5 Å². The molecule has 0 bridgehead atoms. The largest absolute Gasteiger partial charge is 0.497 e. The third-order valence-electron chi connectivity index (χ3n) is 5.80. The number of benzene rings is 3. The van der Waals surface area contributed by atoms with Crippen LogP contribution in [0.25, 0.3) is 0 Å². The fourth-order valence-electron chi connectivity index (χ4n) is 4.13. The molecule has 0 aliphatic carbocycles. The van der Waals surface area contributed by atoms with E-state index in [-0.39, 0.29) is 5.56 Å². The average Bonchev–Trinajstić information content (AvgIpc) is 3.05. The van der Waals surface area contributed by atoms with Crippen LogP contribution in [0.4, 0.5) is 5.69 Å². The maximum atomic E-state index is 13.8. The van der Waals surface area contributed by atoms with Gasteiger partial charge in [-0.2, -0.15) is 0 Å². The highest BCUT2D eigenvalue weighted by molar-refractivity contribution is 6.31. The highest BCUT2D eigenvalue weighted by Crippen LogP contribution is 2.49. The number of carbonyl (C=O) groups is 2. The van der Waals surface area contributed by atoms with Crippen molar-refractivity contribution < 1.29 is 24.2 Å². The second-order valence-electron chi connectivity index (χ2n) is 7.66. The summed E-state index contributed by atoms with van der Waals surface area (Å²) in [5.74, 6) is -1.14. The van der Waals surface area contributed by atoms with Gasteiger partial charge in [-0.3, -0.25) is 9.59 Å². The Labute approximate surface area is 190 Å². The van der Waals surface area contributed by atoms with Gasteiger partial charge in [-0.15, -0.1) is 0 Å². The van der Waals surface area contributed by atoms with E-state index in [2.05, 4.69) is 5.32 Å². The lowest BCUT2D eigenvalue weighted by Crippen LogP contribution is -2.44. The monoisotopic (exact) mass is 451 g/mol. The summed E-state index contributed by atoms with van der Waals surface area (Å²) in [4.78, 5) is 27.0. The summed E-state index contributed by atoms with van der Waals surface area (Å²) in [6.07, 6.45) is 0. The molecule has 4 rings (SSSR count). The van der Waals surface area contributed by atoms with Crippen LogP contribution in [-0.2, 0) is 10.4 Å². The quantitative estimate of drug-likeness (QED) is 0.540. The number of halogens is 1. The van der Waals surface area contributed by atoms with Crippen molar-refractivity contribution in [1.82, 2.24) is 0 Å². The second-order valence-corrected chi connectivity index (χ2v) is 8.10. The van der Waals surface area contributed by atoms with E-state index in [4.69, 9.17) is 21.1 Å². The number of aliphatic hydroxyl groups is 1. The van der Waals surface area contributed by atoms with Crippen molar-refractivity contribution in [2.75, 3.05) is 19.5 Å². The lowest BCUT2D eigenvalue weighted by molar-refractivity contribution is -0.135. The van der Waals surface area contributed by atoms with E-state index >= 15 is 0 Å². The number of carbonyl (C=O) groups excluding carboxylic acids is 2. The number of fused-ring (bicyclic) bond motifs is 1. The third-order valence-corrected chi connectivity index (χ3v) is 6.02. The molecule has 7 heteroatoms. The zero-order valence-electron chi connectivity index (χ0n) is 17.8. The number of Topliss-reactive ketones (excluding diaryl/α,β-unsaturated/α-hetero) is 1. The summed E-state index contributed by atoms with van der Waals surface area (Å²) in [6.45, 7) is 1.78. The predicted octanol–water partition coefficient (Wildman–Crippen LogP) is 4.47. The second kappa shape index (κ2) is 8.30. The number of anilines is 1. The van der Waals surface area contributed by atoms with Gasteiger partial charge >= 0.3 is 0 Å². The molecule has 0 saturated carbocycles. The first-order valence-corrected chi connectivity index (χ1v) is 10.3. The first-order chi connectivity index (χ1) is 15.3. The van der Waals surface area contributed by atoms with E-state index in [9.17, 15) is 14.7 Å². The molecule has 3 aromatic rings. The molecule has 164 valence electrons. The van der Waals surface area contributed by atoms with Gasteiger partial charge in [-0.1, -0.05) is 23.7 Å². The molecule has 1 aliphatic heterocycles. The Morgan fingerprint density at radius 2 is 1.56 bits per heavy atom. The first-order valence-electron chi connectivity index (χ1n) is 9.96. The minimum Gasteiger partial charge on any atom is -0.497 e. The number of aryl methyl sites for hydroxylation is 1. The molecule has 0 radical (unpaired) electrons. The molecule has 0 aromatic heterocycles. The van der Waals surface area contributed by atoms with Gasteiger partial charge < -0.3 is 19.9 Å². The number of rotatable bonds is 6. The normalized spacial score (nSPS) is 18.0. The predicted molar refractivity (Wildman–Crippen MR) is 122 cm³/mol. The number of methoxy groups -OCH3 is 2. The van der Waals surface area contributed by atoms with Crippen molar-refractivity contribution in [2.45, 2.75) is 18.4 Å². The molecular weight excluding hydrogens is 430 g/mol. The fourth-order valence-corrected chi connectivity index (χ4v) is 4.40. The Kier molecular flexibility index (Phi) is 5.67. The van der Waals surface area contributed by atoms with E-state index in [1.54, 1.807) is 61.5 Å². The summed E-state index contributed by atoms with van der Waals surface area (Å²) in [5.41, 5.74) is 0.0754. The van der Waals surface area contributed by atoms with Gasteiger partial charge in [0.2, 0.25) is 0 Å². The molecule has 0 saturated heterocycles. The topological polar surface area (TPSA) is 84.9 Å². The summed E-state index contributed by atoms with van der Waals surface area (Å²) in [5, 5.41) is 15.0. The summed E-state index contributed by atoms with van der Waals surface area (Å²) >= 11 is 6.26. The molecule has 1 heterocycles. The zero-order valence-corrected chi connectivity index (χ0v) is 18.6. The van der Waals surface area contributed by atoms with Crippen molar-refractivity contribution in [3.8, 4) is 11.5 Å². The Morgan fingerprint density at radius 3 is 2.12 bits per heavy atom. The van der Waals surface area contributed by atoms with E-state index in [1.807, 2.05) is 0 Å². The highest BCUT2D eigenvalue weighted by atomic mass is 35.5. The molecule has 3 aromatic carbocycles. The molecular formula is C25H22ClNO5. The fraction of sp³-hybridized carbons (Fsp3) is 0.200. The van der Waals surface area contributed by atoms with Crippen molar-refractivity contribution in [3.63, 3.8) is 0 Å². The average molecular weight is 452 g/mol. The number of amides is 1. The van der Waals surface area contributed by atoms with Gasteiger partial charge in [0.15, 0.2) is 11.4 Å². The maximum absolute atomic E-state index is 13.8. The van der Waals surface area contributed by atoms with Gasteiger partial charge in [-0.25, -0.2) is 0 Å². The van der Waals surface area contributed by atoms with Crippen LogP contribution in [0.1, 0.15) is 33.0 Å². The van der Waals surface area contributed by atoms with E-state index in [0.29, 0.717) is 38.9 Å². The Bertz CT molecular complexity index is 1190. The van der Waals surface area contributed by atoms with Crippen LogP contribution in [0.2, 0.25) is 5.02 Å². The smallest absolute Gasteiger partial charge is 0.262 e. The molecule has 1 aliphatic rings. The molecule has 2 atom stereocenters. The van der Waals surface area contributed by atoms with Gasteiger partial charge in [-0.05, 0) is 66.6 Å². The van der Waals surface area contributed by atoms with Crippen molar-refractivity contribution >= 4 is 29.0 Å². The van der Waals surface area contributed by atoms with E-state index < -0.39 is 23.2 Å². The van der Waals surface area contributed by atoms with Crippen LogP contribution in [-0.4, -0.2) is 31.0 Å². The first kappa shape index (κ1) is 21.9. The molecule has 0 spiro atoms. The number of ketones is 1. The Balaban J connectivity index is 1.91.